The number of halogens is 4. The van der Waals surface area contributed by atoms with Crippen LogP contribution in [0.25, 0.3) is 11.3 Å². The Morgan fingerprint density at radius 1 is 1.04 bits per heavy atom. The van der Waals surface area contributed by atoms with E-state index >= 15 is 0 Å². The number of carbonyl (C=O) groups is 1. The number of pyridine rings is 1. The number of hydrazine groups is 1. The number of nitrogens with two attached hydrogens (primary N) is 2. The second-order valence-corrected chi connectivity index (χ2v) is 11.7. The van der Waals surface area contributed by atoms with Crippen molar-refractivity contribution in [2.75, 3.05) is 11.6 Å². The van der Waals surface area contributed by atoms with Crippen molar-refractivity contribution in [3.05, 3.63) is 123 Å². The number of alkyl halides is 3. The summed E-state index contributed by atoms with van der Waals surface area (Å²) in [6, 6.07) is 18.8. The van der Waals surface area contributed by atoms with E-state index in [2.05, 4.69) is 15.3 Å². The molecule has 46 heavy (non-hydrogen) atoms. The molecule has 5 rings (SSSR count). The van der Waals surface area contributed by atoms with Crippen LogP contribution in [0.15, 0.2) is 95.9 Å². The predicted octanol–water partition coefficient (Wildman–Crippen LogP) is 5.66. The Bertz CT molecular complexity index is 1800. The average molecular weight is 652 g/mol. The Kier molecular flexibility index (Phi) is 9.78. The smallest absolute Gasteiger partial charge is 0.393 e. The lowest BCUT2D eigenvalue weighted by molar-refractivity contribution is -0.124. The largest absolute Gasteiger partial charge is 0.432 e. The van der Waals surface area contributed by atoms with Crippen molar-refractivity contribution in [2.45, 2.75) is 44.3 Å². The zero-order valence-corrected chi connectivity index (χ0v) is 25.7. The van der Waals surface area contributed by atoms with E-state index in [1.165, 1.54) is 35.2 Å². The van der Waals surface area contributed by atoms with E-state index in [1.807, 2.05) is 49.4 Å². The first-order valence-corrected chi connectivity index (χ1v) is 15.0. The molecule has 1 aliphatic rings. The Morgan fingerprint density at radius 3 is 2.52 bits per heavy atom. The molecule has 3 heterocycles. The number of anilines is 1. The van der Waals surface area contributed by atoms with E-state index in [9.17, 15) is 22.8 Å². The molecular weight excluding hydrogens is 619 g/mol. The molecule has 0 spiro atoms. The number of fused-ring (bicyclic) bond motifs is 2. The molecule has 3 atom stereocenters. The molecule has 2 aromatic carbocycles. The van der Waals surface area contributed by atoms with Gasteiger partial charge < -0.3 is 11.1 Å². The van der Waals surface area contributed by atoms with Crippen LogP contribution in [-0.4, -0.2) is 33.2 Å². The van der Waals surface area contributed by atoms with E-state index in [0.717, 1.165) is 11.1 Å². The van der Waals surface area contributed by atoms with Crippen LogP contribution in [0.1, 0.15) is 55.0 Å². The van der Waals surface area contributed by atoms with Gasteiger partial charge in [-0.2, -0.15) is 13.2 Å². The van der Waals surface area contributed by atoms with Gasteiger partial charge in [-0.3, -0.25) is 24.1 Å². The number of hydrogen-bond donors (Lipinski definition) is 3. The maximum atomic E-state index is 13.7. The van der Waals surface area contributed by atoms with E-state index in [1.54, 1.807) is 6.20 Å². The minimum atomic E-state index is -4.79. The summed E-state index contributed by atoms with van der Waals surface area (Å²) >= 11 is 6.22. The first kappa shape index (κ1) is 32.7. The van der Waals surface area contributed by atoms with E-state index in [0.29, 0.717) is 42.7 Å². The summed E-state index contributed by atoms with van der Waals surface area (Å²) in [5.74, 6) is 5.53. The van der Waals surface area contributed by atoms with E-state index in [4.69, 9.17) is 23.2 Å². The van der Waals surface area contributed by atoms with Crippen molar-refractivity contribution in [1.82, 2.24) is 19.9 Å². The van der Waals surface area contributed by atoms with Crippen LogP contribution in [0.2, 0.25) is 5.02 Å². The van der Waals surface area contributed by atoms with Crippen LogP contribution < -0.4 is 27.5 Å². The number of hydrogen-bond acceptors (Lipinski definition) is 7. The number of rotatable bonds is 5. The number of benzene rings is 2. The first-order valence-electron chi connectivity index (χ1n) is 14.7. The maximum Gasteiger partial charge on any atom is 0.432 e. The first-order chi connectivity index (χ1) is 21.9. The van der Waals surface area contributed by atoms with Gasteiger partial charge in [-0.25, -0.2) is 10.8 Å². The monoisotopic (exact) mass is 651 g/mol. The Hall–Kier alpha value is -4.68. The third-order valence-corrected chi connectivity index (χ3v) is 8.32. The van der Waals surface area contributed by atoms with Gasteiger partial charge >= 0.3 is 6.18 Å². The van der Waals surface area contributed by atoms with Crippen molar-refractivity contribution in [1.29, 1.82) is 0 Å². The van der Waals surface area contributed by atoms with Gasteiger partial charge in [0.1, 0.15) is 5.70 Å². The van der Waals surface area contributed by atoms with Gasteiger partial charge in [0.05, 0.1) is 29.4 Å². The highest BCUT2D eigenvalue weighted by Crippen LogP contribution is 2.33. The molecule has 3 unspecified atom stereocenters. The number of carbonyl (C=O) groups excluding carboxylic acids is 1. The van der Waals surface area contributed by atoms with Crippen LogP contribution in [-0.2, 0) is 4.79 Å². The van der Waals surface area contributed by atoms with Crippen molar-refractivity contribution < 1.29 is 18.0 Å². The minimum Gasteiger partial charge on any atom is -0.393 e. The second-order valence-electron chi connectivity index (χ2n) is 11.2. The van der Waals surface area contributed by atoms with E-state index in [-0.39, 0.29) is 39.7 Å². The number of amides is 1. The van der Waals surface area contributed by atoms with Gasteiger partial charge in [0.25, 0.3) is 5.56 Å². The van der Waals surface area contributed by atoms with Crippen molar-refractivity contribution in [2.24, 2.45) is 17.5 Å². The quantitative estimate of drug-likeness (QED) is 0.187. The predicted molar refractivity (Wildman–Crippen MR) is 171 cm³/mol. The fourth-order valence-electron chi connectivity index (χ4n) is 5.56. The van der Waals surface area contributed by atoms with Gasteiger partial charge in [-0.15, -0.1) is 0 Å². The molecule has 0 radical (unpaired) electrons. The topological polar surface area (TPSA) is 132 Å². The highest BCUT2D eigenvalue weighted by Gasteiger charge is 2.32. The van der Waals surface area contributed by atoms with Gasteiger partial charge in [0, 0.05) is 47.4 Å². The molecule has 2 bridgehead atoms. The number of allylic oxidation sites excluding steroid dienone is 1. The van der Waals surface area contributed by atoms with Crippen LogP contribution in [0.4, 0.5) is 18.9 Å². The van der Waals surface area contributed by atoms with Gasteiger partial charge in [0.2, 0.25) is 5.91 Å². The normalized spacial score (nSPS) is 19.5. The maximum absolute atomic E-state index is 13.7. The fraction of sp³-hybridized carbons (Fsp3) is 0.273. The lowest BCUT2D eigenvalue weighted by atomic mass is 9.89. The van der Waals surface area contributed by atoms with Gasteiger partial charge in [-0.1, -0.05) is 55.3 Å². The zero-order valence-electron chi connectivity index (χ0n) is 24.9. The molecule has 0 saturated heterocycles. The van der Waals surface area contributed by atoms with Crippen molar-refractivity contribution >= 4 is 23.2 Å². The summed E-state index contributed by atoms with van der Waals surface area (Å²) in [5, 5.41) is 4.08. The summed E-state index contributed by atoms with van der Waals surface area (Å²) in [5.41, 5.74) is 6.46. The highest BCUT2D eigenvalue weighted by molar-refractivity contribution is 6.31. The van der Waals surface area contributed by atoms with Crippen LogP contribution in [0, 0.1) is 5.92 Å². The number of aromatic nitrogens is 3. The highest BCUT2D eigenvalue weighted by atomic mass is 35.5. The second kappa shape index (κ2) is 13.8. The minimum absolute atomic E-state index is 0.0337. The Balaban J connectivity index is 1.56. The van der Waals surface area contributed by atoms with Crippen molar-refractivity contribution in [3.63, 3.8) is 0 Å². The molecule has 0 aliphatic carbocycles. The van der Waals surface area contributed by atoms with Gasteiger partial charge in [-0.05, 0) is 54.3 Å². The standard InChI is InChI=1S/C33H33ClF3N7O2/c1-20-6-5-9-29(27-14-22(12-13-40-27)25(17-41-32(20)46)21-7-3-2-4-8-21)43-19-42-26(16-31(43)45)24-15-23(34)10-11-28(24)44(39)18-30(38)33(35,36)37/h2-4,7-8,10-16,18-20,25,29H,5-6,9,17,38-39H2,1H3,(H,41,46)/b30-18-. The lowest BCUT2D eigenvalue weighted by Crippen LogP contribution is -2.34. The third-order valence-electron chi connectivity index (χ3n) is 8.08. The molecule has 5 N–H and O–H groups in total. The molecule has 2 aromatic heterocycles. The molecule has 9 nitrogen and oxygen atoms in total. The van der Waals surface area contributed by atoms with Gasteiger partial charge in [0.15, 0.2) is 0 Å². The number of nitrogens with one attached hydrogen (secondary N) is 1. The van der Waals surface area contributed by atoms with Crippen LogP contribution in [0.3, 0.4) is 0 Å². The molecule has 0 saturated carbocycles. The van der Waals surface area contributed by atoms with Crippen LogP contribution >= 0.6 is 11.6 Å². The Morgan fingerprint density at radius 2 is 1.80 bits per heavy atom. The molecule has 13 heteroatoms. The molecule has 1 aliphatic heterocycles. The average Bonchev–Trinajstić information content (AvgIpc) is 3.03. The summed E-state index contributed by atoms with van der Waals surface area (Å²) < 4.78 is 40.7. The third kappa shape index (κ3) is 7.40. The molecule has 0 fully saturated rings. The lowest BCUT2D eigenvalue weighted by Gasteiger charge is -2.25. The fourth-order valence-corrected chi connectivity index (χ4v) is 5.73. The summed E-state index contributed by atoms with van der Waals surface area (Å²) in [7, 11) is 0. The summed E-state index contributed by atoms with van der Waals surface area (Å²) in [6.45, 7) is 2.29. The molecule has 4 aromatic rings. The molecular formula is C33H33ClF3N7O2. The summed E-state index contributed by atoms with van der Waals surface area (Å²) in [6.07, 6.45) is 0.585. The SMILES string of the molecule is CC1CCCC(n2cnc(-c3cc(Cl)ccc3N(N)/C=C(\N)C(F)(F)F)cc2=O)c2cc(ccn2)C(c2ccccc2)CNC1=O. The number of nitrogens with zero attached hydrogens (tertiary/aromatic N) is 4. The van der Waals surface area contributed by atoms with E-state index < -0.39 is 23.5 Å². The zero-order chi connectivity index (χ0) is 33.0. The van der Waals surface area contributed by atoms with Crippen molar-refractivity contribution in [3.8, 4) is 11.3 Å². The molecule has 240 valence electrons. The van der Waals surface area contributed by atoms with Crippen LogP contribution in [0.5, 0.6) is 0 Å². The Labute approximate surface area is 268 Å². The molecule has 1 amide bonds. The summed E-state index contributed by atoms with van der Waals surface area (Å²) in [4.78, 5) is 35.8.